The molecule has 6 rings (SSSR count). The molecule has 0 saturated carbocycles. The molecule has 1 atom stereocenters. The summed E-state index contributed by atoms with van der Waals surface area (Å²) in [5.74, 6) is -0.441. The molecular formula is C33H32F3N5O. The molecule has 6 nitrogen and oxygen atoms in total. The number of aromatic nitrogens is 2. The van der Waals surface area contributed by atoms with Crippen molar-refractivity contribution in [2.45, 2.75) is 37.9 Å². The van der Waals surface area contributed by atoms with Crippen LogP contribution in [-0.2, 0) is 22.9 Å². The molecule has 2 aliphatic rings. The first-order valence-electron chi connectivity index (χ1n) is 14.1. The number of amides is 1. The average Bonchev–Trinajstić information content (AvgIpc) is 3.58. The van der Waals surface area contributed by atoms with E-state index in [0.29, 0.717) is 0 Å². The third kappa shape index (κ3) is 5.36. The minimum absolute atomic E-state index is 0.0276. The van der Waals surface area contributed by atoms with Crippen LogP contribution in [0.25, 0.3) is 16.7 Å². The summed E-state index contributed by atoms with van der Waals surface area (Å²) in [6, 6.07) is 19.4. The van der Waals surface area contributed by atoms with E-state index in [1.54, 1.807) is 18.6 Å². The van der Waals surface area contributed by atoms with Gasteiger partial charge in [-0.25, -0.2) is 4.98 Å². The lowest BCUT2D eigenvalue weighted by atomic mass is 9.72. The van der Waals surface area contributed by atoms with Crippen LogP contribution < -0.4 is 5.32 Å². The normalized spacial score (nSPS) is 19.8. The molecule has 1 aromatic heterocycles. The monoisotopic (exact) mass is 571 g/mol. The first kappa shape index (κ1) is 27.9. The molecule has 4 aromatic rings. The zero-order valence-electron chi connectivity index (χ0n) is 23.5. The smallest absolute Gasteiger partial charge is 0.326 e. The maximum Gasteiger partial charge on any atom is 0.416 e. The minimum atomic E-state index is -4.61. The van der Waals surface area contributed by atoms with Crippen molar-refractivity contribution in [1.29, 1.82) is 0 Å². The molecule has 216 valence electrons. The number of benzene rings is 3. The Morgan fingerprint density at radius 3 is 2.48 bits per heavy atom. The van der Waals surface area contributed by atoms with Crippen LogP contribution in [-0.4, -0.2) is 46.7 Å². The number of halogens is 3. The van der Waals surface area contributed by atoms with Crippen molar-refractivity contribution >= 4 is 28.8 Å². The van der Waals surface area contributed by atoms with Crippen LogP contribution >= 0.6 is 0 Å². The third-order valence-corrected chi connectivity index (χ3v) is 8.34. The SMILES string of the molecule is CC1=CC(c2ccc(NC(=O)Cc3ccc(-n4cnc5ccccc54)cc3)cc2C(F)(F)F)(C2CCN(C)CC2)N=C1. The number of hydrogen-bond donors (Lipinski definition) is 1. The third-order valence-electron chi connectivity index (χ3n) is 8.34. The highest BCUT2D eigenvalue weighted by Gasteiger charge is 2.47. The Labute approximate surface area is 242 Å². The Morgan fingerprint density at radius 2 is 1.79 bits per heavy atom. The van der Waals surface area contributed by atoms with Crippen LogP contribution in [0.4, 0.5) is 18.9 Å². The topological polar surface area (TPSA) is 62.5 Å². The van der Waals surface area contributed by atoms with E-state index in [-0.39, 0.29) is 23.6 Å². The van der Waals surface area contributed by atoms with Gasteiger partial charge in [0, 0.05) is 17.6 Å². The van der Waals surface area contributed by atoms with Gasteiger partial charge in [0.05, 0.1) is 23.0 Å². The molecule has 0 aliphatic carbocycles. The largest absolute Gasteiger partial charge is 0.416 e. The number of likely N-dealkylation sites (tertiary alicyclic amines) is 1. The van der Waals surface area contributed by atoms with Gasteiger partial charge in [-0.15, -0.1) is 0 Å². The quantitative estimate of drug-likeness (QED) is 0.277. The van der Waals surface area contributed by atoms with Gasteiger partial charge in [-0.3, -0.25) is 14.4 Å². The number of anilines is 1. The van der Waals surface area contributed by atoms with Gasteiger partial charge < -0.3 is 10.2 Å². The van der Waals surface area contributed by atoms with Gasteiger partial charge in [-0.1, -0.05) is 30.3 Å². The van der Waals surface area contributed by atoms with Gasteiger partial charge in [0.15, 0.2) is 0 Å². The van der Waals surface area contributed by atoms with E-state index >= 15 is 0 Å². The van der Waals surface area contributed by atoms with Crippen LogP contribution in [0.2, 0.25) is 0 Å². The van der Waals surface area contributed by atoms with Gasteiger partial charge in [0.25, 0.3) is 0 Å². The number of allylic oxidation sites excluding steroid dienone is 1. The van der Waals surface area contributed by atoms with Crippen LogP contribution in [0, 0.1) is 5.92 Å². The first-order valence-corrected chi connectivity index (χ1v) is 14.1. The Morgan fingerprint density at radius 1 is 1.05 bits per heavy atom. The summed E-state index contributed by atoms with van der Waals surface area (Å²) in [6.45, 7) is 3.49. The van der Waals surface area contributed by atoms with Crippen molar-refractivity contribution < 1.29 is 18.0 Å². The van der Waals surface area contributed by atoms with E-state index in [0.717, 1.165) is 59.9 Å². The second-order valence-corrected chi connectivity index (χ2v) is 11.3. The molecule has 9 heteroatoms. The number of para-hydroxylation sites is 2. The minimum Gasteiger partial charge on any atom is -0.326 e. The maximum absolute atomic E-state index is 14.5. The number of imidazole rings is 1. The lowest BCUT2D eigenvalue weighted by Gasteiger charge is -2.40. The number of nitrogens with one attached hydrogen (secondary N) is 1. The van der Waals surface area contributed by atoms with Gasteiger partial charge in [-0.05, 0) is 105 Å². The molecule has 0 spiro atoms. The van der Waals surface area contributed by atoms with Crippen LogP contribution in [0.15, 0.2) is 89.7 Å². The van der Waals surface area contributed by atoms with Gasteiger partial charge in [0.2, 0.25) is 5.91 Å². The molecule has 3 heterocycles. The predicted octanol–water partition coefficient (Wildman–Crippen LogP) is 6.79. The Kier molecular flexibility index (Phi) is 7.22. The van der Waals surface area contributed by atoms with E-state index in [9.17, 15) is 18.0 Å². The number of piperidine rings is 1. The van der Waals surface area contributed by atoms with E-state index < -0.39 is 23.2 Å². The van der Waals surface area contributed by atoms with Crippen molar-refractivity contribution in [2.24, 2.45) is 10.9 Å². The first-order chi connectivity index (χ1) is 20.1. The fourth-order valence-corrected chi connectivity index (χ4v) is 6.21. The number of fused-ring (bicyclic) bond motifs is 1. The van der Waals surface area contributed by atoms with Crippen molar-refractivity contribution in [3.63, 3.8) is 0 Å². The molecule has 1 N–H and O–H groups in total. The summed E-state index contributed by atoms with van der Waals surface area (Å²) in [5.41, 5.74) is 2.77. The maximum atomic E-state index is 14.5. The van der Waals surface area contributed by atoms with Crippen molar-refractivity contribution in [3.8, 4) is 5.69 Å². The molecule has 0 bridgehead atoms. The van der Waals surface area contributed by atoms with E-state index in [4.69, 9.17) is 4.99 Å². The number of rotatable bonds is 6. The van der Waals surface area contributed by atoms with Crippen LogP contribution in [0.3, 0.4) is 0 Å². The average molecular weight is 572 g/mol. The highest BCUT2D eigenvalue weighted by molar-refractivity contribution is 5.92. The molecule has 0 radical (unpaired) electrons. The van der Waals surface area contributed by atoms with Crippen LogP contribution in [0.1, 0.15) is 36.5 Å². The molecule has 3 aromatic carbocycles. The molecule has 1 amide bonds. The summed E-state index contributed by atoms with van der Waals surface area (Å²) >= 11 is 0. The van der Waals surface area contributed by atoms with Gasteiger partial charge >= 0.3 is 6.18 Å². The van der Waals surface area contributed by atoms with Gasteiger partial charge in [0.1, 0.15) is 11.9 Å². The highest BCUT2D eigenvalue weighted by atomic mass is 19.4. The molecule has 1 fully saturated rings. The van der Waals surface area contributed by atoms with Crippen molar-refractivity contribution in [1.82, 2.24) is 14.5 Å². The summed E-state index contributed by atoms with van der Waals surface area (Å²) < 4.78 is 45.5. The number of carbonyl (C=O) groups excluding carboxylic acids is 1. The second kappa shape index (κ2) is 10.9. The summed E-state index contributed by atoms with van der Waals surface area (Å²) in [5, 5.41) is 2.68. The lowest BCUT2D eigenvalue weighted by Crippen LogP contribution is -2.40. The van der Waals surface area contributed by atoms with Crippen molar-refractivity contribution in [2.75, 3.05) is 25.5 Å². The number of hydrogen-bond acceptors (Lipinski definition) is 4. The number of alkyl halides is 3. The van der Waals surface area contributed by atoms with Gasteiger partial charge in [-0.2, -0.15) is 13.2 Å². The zero-order valence-corrected chi connectivity index (χ0v) is 23.5. The number of nitrogens with zero attached hydrogens (tertiary/aromatic N) is 4. The molecule has 1 saturated heterocycles. The standard InChI is InChI=1S/C33H32F3N5O/c1-22-19-32(38-20-22,24-13-15-40(2)16-14-24)27-12-9-25(18-28(27)33(34,35)36)39-31(42)17-23-7-10-26(11-8-23)41-21-37-29-5-3-4-6-30(29)41/h3-12,18-21,24H,13-17H2,1-2H3,(H,39,42). The van der Waals surface area contributed by atoms with Crippen molar-refractivity contribution in [3.05, 3.63) is 101 Å². The van der Waals surface area contributed by atoms with Crippen LogP contribution in [0.5, 0.6) is 0 Å². The lowest BCUT2D eigenvalue weighted by molar-refractivity contribution is -0.138. The molecule has 1 unspecified atom stereocenters. The Hall–Kier alpha value is -4.24. The fourth-order valence-electron chi connectivity index (χ4n) is 6.21. The number of aliphatic imine (C=N–C) groups is 1. The fraction of sp³-hybridized carbons (Fsp3) is 0.303. The predicted molar refractivity (Wildman–Crippen MR) is 159 cm³/mol. The summed E-state index contributed by atoms with van der Waals surface area (Å²) in [4.78, 5) is 24.2. The van der Waals surface area contributed by atoms with E-state index in [1.165, 1.54) is 6.07 Å². The number of carbonyl (C=O) groups is 1. The highest BCUT2D eigenvalue weighted by Crippen LogP contribution is 2.48. The second-order valence-electron chi connectivity index (χ2n) is 11.3. The summed E-state index contributed by atoms with van der Waals surface area (Å²) in [7, 11) is 2.02. The van der Waals surface area contributed by atoms with E-state index in [2.05, 4.69) is 15.2 Å². The Balaban J connectivity index is 1.22. The molecule has 42 heavy (non-hydrogen) atoms. The summed E-state index contributed by atoms with van der Waals surface area (Å²) in [6.07, 6.45) is 2.23. The molecular weight excluding hydrogens is 539 g/mol. The Bertz CT molecular complexity index is 1680. The van der Waals surface area contributed by atoms with E-state index in [1.807, 2.05) is 73.1 Å². The zero-order chi connectivity index (χ0) is 29.5. The molecule has 2 aliphatic heterocycles.